The molecule has 0 aliphatic heterocycles. The van der Waals surface area contributed by atoms with Crippen LogP contribution >= 0.6 is 7.82 Å². The fraction of sp³-hybridized carbons (Fsp3) is 0.889. The summed E-state index contributed by atoms with van der Waals surface area (Å²) in [5.41, 5.74) is -1.68. The lowest BCUT2D eigenvalue weighted by Gasteiger charge is -2.31. The van der Waals surface area contributed by atoms with Crippen molar-refractivity contribution in [3.63, 3.8) is 0 Å². The Bertz CT molecular complexity index is 592. The lowest BCUT2D eigenvalue weighted by atomic mass is 9.87. The largest absolute Gasteiger partial charge is 0.472 e. The molecule has 166 valence electrons. The highest BCUT2D eigenvalue weighted by molar-refractivity contribution is 7.47. The Balaban J connectivity index is 4.58. The van der Waals surface area contributed by atoms with E-state index in [0.29, 0.717) is 12.1 Å². The van der Waals surface area contributed by atoms with Gasteiger partial charge in [-0.1, -0.05) is 19.0 Å². The van der Waals surface area contributed by atoms with Crippen LogP contribution in [-0.4, -0.2) is 52.1 Å². The van der Waals surface area contributed by atoms with Crippen LogP contribution in [-0.2, 0) is 23.2 Å². The summed E-state index contributed by atoms with van der Waals surface area (Å²) in [6.07, 6.45) is -0.985. The van der Waals surface area contributed by atoms with Crippen molar-refractivity contribution in [2.24, 2.45) is 10.6 Å². The molecule has 0 saturated heterocycles. The van der Waals surface area contributed by atoms with Crippen LogP contribution in [0.4, 0.5) is 0 Å². The normalized spacial score (nSPS) is 17.0. The molecule has 1 amide bonds. The number of phosphoric acid groups is 1. The maximum atomic E-state index is 12.2. The first-order chi connectivity index (χ1) is 12.3. The zero-order valence-corrected chi connectivity index (χ0v) is 19.4. The molecule has 0 aliphatic carbocycles. The molecular formula is C18H37N2O7P. The second-order valence-electron chi connectivity index (χ2n) is 9.41. The van der Waals surface area contributed by atoms with E-state index in [2.05, 4.69) is 10.5 Å². The molecule has 0 fully saturated rings. The molecule has 0 aromatic heterocycles. The van der Waals surface area contributed by atoms with Gasteiger partial charge < -0.3 is 20.2 Å². The molecule has 10 heteroatoms. The van der Waals surface area contributed by atoms with Gasteiger partial charge >= 0.3 is 7.82 Å². The maximum Gasteiger partial charge on any atom is 0.472 e. The summed E-state index contributed by atoms with van der Waals surface area (Å²) in [6, 6.07) is 0. The summed E-state index contributed by atoms with van der Waals surface area (Å²) in [5, 5.41) is 16.9. The standard InChI is InChI=1S/C18H37N2O7P/c1-13(20-26-16(2,3)4)10-11-19-15(22)14(21)18(8,9)12-25-28(23,24)27-17(5,6)7/h14,21H,10-12H2,1-9H3,(H,19,22)(H,23,24)/b20-13+/t14-/m1/s1. The predicted molar refractivity (Wildman–Crippen MR) is 108 cm³/mol. The van der Waals surface area contributed by atoms with Gasteiger partial charge in [0.1, 0.15) is 11.7 Å². The minimum absolute atomic E-state index is 0.265. The van der Waals surface area contributed by atoms with E-state index in [1.165, 1.54) is 0 Å². The van der Waals surface area contributed by atoms with Gasteiger partial charge in [-0.2, -0.15) is 0 Å². The molecule has 1 unspecified atom stereocenters. The number of amides is 1. The predicted octanol–water partition coefficient (Wildman–Crippen LogP) is 3.00. The van der Waals surface area contributed by atoms with E-state index in [-0.39, 0.29) is 13.2 Å². The highest BCUT2D eigenvalue weighted by atomic mass is 31.2. The third-order valence-corrected chi connectivity index (χ3v) is 4.47. The third kappa shape index (κ3) is 12.5. The third-order valence-electron chi connectivity index (χ3n) is 3.24. The number of aliphatic hydroxyl groups excluding tert-OH is 1. The second-order valence-corrected chi connectivity index (χ2v) is 10.8. The lowest BCUT2D eigenvalue weighted by Crippen LogP contribution is -2.46. The van der Waals surface area contributed by atoms with Crippen molar-refractivity contribution in [2.75, 3.05) is 13.2 Å². The molecule has 9 nitrogen and oxygen atoms in total. The number of aliphatic hydroxyl groups is 1. The van der Waals surface area contributed by atoms with Crippen LogP contribution in [0.15, 0.2) is 5.16 Å². The molecule has 0 aromatic rings. The van der Waals surface area contributed by atoms with Crippen LogP contribution in [0, 0.1) is 5.41 Å². The molecule has 0 saturated carbocycles. The van der Waals surface area contributed by atoms with E-state index >= 15 is 0 Å². The molecule has 0 rings (SSSR count). The van der Waals surface area contributed by atoms with Crippen LogP contribution in [0.3, 0.4) is 0 Å². The summed E-state index contributed by atoms with van der Waals surface area (Å²) in [6.45, 7) is 15.3. The fourth-order valence-corrected chi connectivity index (χ4v) is 3.02. The summed E-state index contributed by atoms with van der Waals surface area (Å²) >= 11 is 0. The van der Waals surface area contributed by atoms with Crippen LogP contribution in [0.1, 0.15) is 68.7 Å². The Kier molecular flexibility index (Phi) is 9.80. The fourth-order valence-electron chi connectivity index (χ4n) is 1.78. The highest BCUT2D eigenvalue weighted by Crippen LogP contribution is 2.48. The number of hydrogen-bond donors (Lipinski definition) is 3. The maximum absolute atomic E-state index is 12.2. The topological polar surface area (TPSA) is 127 Å². The van der Waals surface area contributed by atoms with Crippen molar-refractivity contribution in [1.82, 2.24) is 5.32 Å². The van der Waals surface area contributed by atoms with Crippen molar-refractivity contribution in [1.29, 1.82) is 0 Å². The molecule has 0 aromatic carbocycles. The minimum Gasteiger partial charge on any atom is -0.390 e. The number of oxime groups is 1. The second kappa shape index (κ2) is 10.2. The van der Waals surface area contributed by atoms with Crippen molar-refractivity contribution >= 4 is 19.4 Å². The summed E-state index contributed by atoms with van der Waals surface area (Å²) in [7, 11) is -4.31. The molecular weight excluding hydrogens is 387 g/mol. The zero-order chi connectivity index (χ0) is 22.4. The molecule has 0 bridgehead atoms. The number of carbonyl (C=O) groups is 1. The molecule has 0 aliphatic rings. The molecule has 0 radical (unpaired) electrons. The SMILES string of the molecule is C/C(CCNC(=O)[C@@H](O)C(C)(C)COP(=O)(O)OC(C)(C)C)=N\OC(C)(C)C. The van der Waals surface area contributed by atoms with Crippen molar-refractivity contribution in [3.8, 4) is 0 Å². The number of rotatable bonds is 10. The monoisotopic (exact) mass is 424 g/mol. The minimum atomic E-state index is -4.31. The Labute approximate surface area is 168 Å². The van der Waals surface area contributed by atoms with Gasteiger partial charge in [0, 0.05) is 18.4 Å². The quantitative estimate of drug-likeness (QED) is 0.279. The van der Waals surface area contributed by atoms with Gasteiger partial charge in [0.25, 0.3) is 0 Å². The molecule has 28 heavy (non-hydrogen) atoms. The van der Waals surface area contributed by atoms with Crippen LogP contribution < -0.4 is 5.32 Å². The smallest absolute Gasteiger partial charge is 0.390 e. The van der Waals surface area contributed by atoms with Crippen LogP contribution in [0.25, 0.3) is 0 Å². The van der Waals surface area contributed by atoms with E-state index in [9.17, 15) is 19.4 Å². The van der Waals surface area contributed by atoms with Gasteiger partial charge in [0.15, 0.2) is 0 Å². The van der Waals surface area contributed by atoms with Gasteiger partial charge in [-0.15, -0.1) is 0 Å². The number of nitrogens with one attached hydrogen (secondary N) is 1. The molecule has 2 atom stereocenters. The van der Waals surface area contributed by atoms with Gasteiger partial charge in [0.05, 0.1) is 17.9 Å². The molecule has 0 heterocycles. The summed E-state index contributed by atoms with van der Waals surface area (Å²) in [4.78, 5) is 27.2. The number of carbonyl (C=O) groups excluding carboxylic acids is 1. The first-order valence-electron chi connectivity index (χ1n) is 9.20. The van der Waals surface area contributed by atoms with Crippen LogP contribution in [0.2, 0.25) is 0 Å². The van der Waals surface area contributed by atoms with Crippen LogP contribution in [0.5, 0.6) is 0 Å². The van der Waals surface area contributed by atoms with E-state index in [1.54, 1.807) is 41.5 Å². The van der Waals surface area contributed by atoms with E-state index in [1.807, 2.05) is 20.8 Å². The average Bonchev–Trinajstić information content (AvgIpc) is 2.47. The number of hydrogen-bond acceptors (Lipinski definition) is 7. The zero-order valence-electron chi connectivity index (χ0n) is 18.5. The van der Waals surface area contributed by atoms with Crippen molar-refractivity contribution < 1.29 is 33.2 Å². The lowest BCUT2D eigenvalue weighted by molar-refractivity contribution is -0.137. The summed E-state index contributed by atoms with van der Waals surface area (Å²) < 4.78 is 21.9. The Morgan fingerprint density at radius 3 is 2.11 bits per heavy atom. The first kappa shape index (κ1) is 27.0. The molecule has 0 spiro atoms. The van der Waals surface area contributed by atoms with Gasteiger partial charge in [0.2, 0.25) is 5.91 Å². The Morgan fingerprint density at radius 2 is 1.64 bits per heavy atom. The van der Waals surface area contributed by atoms with Crippen molar-refractivity contribution in [3.05, 3.63) is 0 Å². The number of nitrogens with zero attached hydrogens (tertiary/aromatic N) is 1. The average molecular weight is 424 g/mol. The highest BCUT2D eigenvalue weighted by Gasteiger charge is 2.38. The Morgan fingerprint density at radius 1 is 1.11 bits per heavy atom. The van der Waals surface area contributed by atoms with Crippen molar-refractivity contribution in [2.45, 2.75) is 86.0 Å². The first-order valence-corrected chi connectivity index (χ1v) is 10.7. The number of phosphoric ester groups is 1. The van der Waals surface area contributed by atoms with E-state index in [0.717, 1.165) is 0 Å². The summed E-state index contributed by atoms with van der Waals surface area (Å²) in [5.74, 6) is -0.609. The van der Waals surface area contributed by atoms with Gasteiger partial charge in [-0.3, -0.25) is 13.8 Å². The van der Waals surface area contributed by atoms with E-state index < -0.39 is 36.5 Å². The Hall–Kier alpha value is -0.990. The van der Waals surface area contributed by atoms with Gasteiger partial charge in [-0.05, 0) is 48.5 Å². The van der Waals surface area contributed by atoms with Gasteiger partial charge in [-0.25, -0.2) is 4.57 Å². The molecule has 3 N–H and O–H groups in total. The van der Waals surface area contributed by atoms with E-state index in [4.69, 9.17) is 13.9 Å².